The summed E-state index contributed by atoms with van der Waals surface area (Å²) >= 11 is 0. The normalized spacial score (nSPS) is 11.0. The summed E-state index contributed by atoms with van der Waals surface area (Å²) < 4.78 is 3.39. The van der Waals surface area contributed by atoms with Crippen LogP contribution in [0.1, 0.15) is 21.9 Å². The minimum absolute atomic E-state index is 0.0962. The Morgan fingerprint density at radius 1 is 1.28 bits per heavy atom. The van der Waals surface area contributed by atoms with E-state index in [1.54, 1.807) is 40.1 Å². The van der Waals surface area contributed by atoms with Crippen LogP contribution in [0.2, 0.25) is 0 Å². The molecule has 6 nitrogen and oxygen atoms in total. The molecule has 0 fully saturated rings. The third-order valence-corrected chi connectivity index (χ3v) is 3.02. The van der Waals surface area contributed by atoms with E-state index in [0.717, 1.165) is 5.82 Å². The van der Waals surface area contributed by atoms with Crippen molar-refractivity contribution in [1.29, 1.82) is 0 Å². The number of aromatic nitrogens is 5. The second-order valence-corrected chi connectivity index (χ2v) is 4.04. The fourth-order valence-electron chi connectivity index (χ4n) is 1.86. The van der Waals surface area contributed by atoms with Crippen molar-refractivity contribution in [1.82, 2.24) is 24.1 Å². The second-order valence-electron chi connectivity index (χ2n) is 4.04. The van der Waals surface area contributed by atoms with Crippen LogP contribution in [0.25, 0.3) is 5.52 Å². The van der Waals surface area contributed by atoms with Gasteiger partial charge in [0.1, 0.15) is 11.5 Å². The van der Waals surface area contributed by atoms with Crippen molar-refractivity contribution < 1.29 is 4.79 Å². The maximum Gasteiger partial charge on any atom is 0.214 e. The van der Waals surface area contributed by atoms with Crippen molar-refractivity contribution >= 4 is 11.3 Å². The first-order chi connectivity index (χ1) is 8.68. The Balaban J connectivity index is 2.15. The predicted octanol–water partition coefficient (Wildman–Crippen LogP) is 1.00. The number of aryl methyl sites for hydroxylation is 1. The molecule has 0 unspecified atom stereocenters. The van der Waals surface area contributed by atoms with E-state index in [4.69, 9.17) is 0 Å². The number of hydrogen-bond acceptors (Lipinski definition) is 4. The summed E-state index contributed by atoms with van der Waals surface area (Å²) in [5, 5.41) is 4.13. The van der Waals surface area contributed by atoms with Crippen molar-refractivity contribution in [2.75, 3.05) is 0 Å². The molecule has 3 heterocycles. The smallest absolute Gasteiger partial charge is 0.214 e. The molecule has 0 saturated heterocycles. The molecule has 3 rings (SSSR count). The third-order valence-electron chi connectivity index (χ3n) is 3.02. The molecule has 0 bridgehead atoms. The third kappa shape index (κ3) is 1.42. The minimum Gasteiger partial charge on any atom is -0.329 e. The maximum atomic E-state index is 12.4. The lowest BCUT2D eigenvalue weighted by atomic mass is 10.1. The predicted molar refractivity (Wildman–Crippen MR) is 64.4 cm³/mol. The Morgan fingerprint density at radius 3 is 2.83 bits per heavy atom. The quantitative estimate of drug-likeness (QED) is 0.628. The van der Waals surface area contributed by atoms with E-state index in [-0.39, 0.29) is 5.78 Å². The Hall–Kier alpha value is -2.50. The standard InChI is InChI=1S/C12H11N5O/c1-8-14-7-11(16(8)2)12(18)9-5-15-17-4-3-13-6-10(9)17/h3-7H,1-2H3. The van der Waals surface area contributed by atoms with E-state index in [0.29, 0.717) is 16.8 Å². The Labute approximate surface area is 103 Å². The molecule has 0 aliphatic carbocycles. The summed E-state index contributed by atoms with van der Waals surface area (Å²) in [7, 11) is 1.82. The number of fused-ring (bicyclic) bond motifs is 1. The van der Waals surface area contributed by atoms with E-state index in [2.05, 4.69) is 15.1 Å². The van der Waals surface area contributed by atoms with Crippen LogP contribution in [0, 0.1) is 6.92 Å². The summed E-state index contributed by atoms with van der Waals surface area (Å²) in [6, 6.07) is 0. The second kappa shape index (κ2) is 3.76. The number of imidazole rings is 1. The zero-order valence-electron chi connectivity index (χ0n) is 10.0. The molecule has 0 amide bonds. The van der Waals surface area contributed by atoms with Crippen LogP contribution in [-0.4, -0.2) is 29.9 Å². The van der Waals surface area contributed by atoms with Gasteiger partial charge in [-0.1, -0.05) is 0 Å². The highest BCUT2D eigenvalue weighted by atomic mass is 16.1. The lowest BCUT2D eigenvalue weighted by molar-refractivity contribution is 0.103. The number of carbonyl (C=O) groups is 1. The topological polar surface area (TPSA) is 65.1 Å². The van der Waals surface area contributed by atoms with Gasteiger partial charge in [-0.15, -0.1) is 0 Å². The molecule has 0 saturated carbocycles. The van der Waals surface area contributed by atoms with Gasteiger partial charge in [0, 0.05) is 19.4 Å². The number of ketones is 1. The van der Waals surface area contributed by atoms with Crippen LogP contribution in [0.5, 0.6) is 0 Å². The SMILES string of the molecule is Cc1ncc(C(=O)c2cnn3ccncc23)n1C. The van der Waals surface area contributed by atoms with E-state index < -0.39 is 0 Å². The highest BCUT2D eigenvalue weighted by Crippen LogP contribution is 2.15. The summed E-state index contributed by atoms with van der Waals surface area (Å²) in [6.45, 7) is 1.86. The highest BCUT2D eigenvalue weighted by molar-refractivity contribution is 6.11. The van der Waals surface area contributed by atoms with Crippen LogP contribution < -0.4 is 0 Å². The lowest BCUT2D eigenvalue weighted by Gasteiger charge is -2.01. The molecule has 3 aromatic heterocycles. The van der Waals surface area contributed by atoms with Gasteiger partial charge in [0.15, 0.2) is 0 Å². The van der Waals surface area contributed by atoms with Crippen molar-refractivity contribution in [3.05, 3.63) is 48.1 Å². The number of rotatable bonds is 2. The van der Waals surface area contributed by atoms with E-state index in [1.807, 2.05) is 14.0 Å². The van der Waals surface area contributed by atoms with Gasteiger partial charge in [-0.2, -0.15) is 5.10 Å². The van der Waals surface area contributed by atoms with Gasteiger partial charge in [0.05, 0.1) is 29.7 Å². The van der Waals surface area contributed by atoms with Gasteiger partial charge in [-0.25, -0.2) is 9.50 Å². The Bertz CT molecular complexity index is 740. The molecule has 0 aliphatic heterocycles. The van der Waals surface area contributed by atoms with Gasteiger partial charge < -0.3 is 4.57 Å². The largest absolute Gasteiger partial charge is 0.329 e. The molecular formula is C12H11N5O. The molecule has 3 aromatic rings. The van der Waals surface area contributed by atoms with Gasteiger partial charge in [-0.05, 0) is 6.92 Å². The number of nitrogens with zero attached hydrogens (tertiary/aromatic N) is 5. The molecule has 90 valence electrons. The van der Waals surface area contributed by atoms with E-state index in [1.165, 1.54) is 0 Å². The zero-order valence-corrected chi connectivity index (χ0v) is 10.0. The molecule has 0 aromatic carbocycles. The summed E-state index contributed by atoms with van der Waals surface area (Å²) in [5.41, 5.74) is 1.78. The number of carbonyl (C=O) groups excluding carboxylic acids is 1. The monoisotopic (exact) mass is 241 g/mol. The molecule has 6 heteroatoms. The van der Waals surface area contributed by atoms with Gasteiger partial charge in [-0.3, -0.25) is 9.78 Å². The summed E-state index contributed by atoms with van der Waals surface area (Å²) in [5.74, 6) is 0.703. The fourth-order valence-corrected chi connectivity index (χ4v) is 1.86. The Morgan fingerprint density at radius 2 is 2.11 bits per heavy atom. The van der Waals surface area contributed by atoms with Gasteiger partial charge >= 0.3 is 0 Å². The van der Waals surface area contributed by atoms with Crippen LogP contribution in [-0.2, 0) is 7.05 Å². The van der Waals surface area contributed by atoms with E-state index in [9.17, 15) is 4.79 Å². The molecule has 0 spiro atoms. The lowest BCUT2D eigenvalue weighted by Crippen LogP contribution is -2.08. The van der Waals surface area contributed by atoms with Gasteiger partial charge in [0.25, 0.3) is 0 Å². The first-order valence-electron chi connectivity index (χ1n) is 5.49. The molecule has 0 radical (unpaired) electrons. The number of hydrogen-bond donors (Lipinski definition) is 0. The first-order valence-corrected chi connectivity index (χ1v) is 5.49. The molecule has 0 atom stereocenters. The molecule has 0 aliphatic rings. The van der Waals surface area contributed by atoms with Crippen LogP contribution in [0.3, 0.4) is 0 Å². The van der Waals surface area contributed by atoms with Crippen molar-refractivity contribution in [2.24, 2.45) is 7.05 Å². The maximum absolute atomic E-state index is 12.4. The fraction of sp³-hybridized carbons (Fsp3) is 0.167. The van der Waals surface area contributed by atoms with Crippen LogP contribution in [0.4, 0.5) is 0 Å². The summed E-state index contributed by atoms with van der Waals surface area (Å²) in [4.78, 5) is 20.6. The first kappa shape index (κ1) is 10.6. The average Bonchev–Trinajstić information content (AvgIpc) is 2.94. The Kier molecular flexibility index (Phi) is 2.22. The van der Waals surface area contributed by atoms with Crippen LogP contribution in [0.15, 0.2) is 31.0 Å². The average molecular weight is 241 g/mol. The zero-order chi connectivity index (χ0) is 12.7. The minimum atomic E-state index is -0.0962. The molecular weight excluding hydrogens is 230 g/mol. The van der Waals surface area contributed by atoms with Gasteiger partial charge in [0.2, 0.25) is 5.78 Å². The van der Waals surface area contributed by atoms with Crippen molar-refractivity contribution in [2.45, 2.75) is 6.92 Å². The van der Waals surface area contributed by atoms with Crippen LogP contribution >= 0.6 is 0 Å². The summed E-state index contributed by atoms with van der Waals surface area (Å²) in [6.07, 6.45) is 8.10. The highest BCUT2D eigenvalue weighted by Gasteiger charge is 2.18. The molecule has 18 heavy (non-hydrogen) atoms. The van der Waals surface area contributed by atoms with Crippen molar-refractivity contribution in [3.63, 3.8) is 0 Å². The molecule has 0 N–H and O–H groups in total. The van der Waals surface area contributed by atoms with E-state index >= 15 is 0 Å². The van der Waals surface area contributed by atoms with Crippen molar-refractivity contribution in [3.8, 4) is 0 Å².